The van der Waals surface area contributed by atoms with Crippen LogP contribution >= 0.6 is 0 Å². The molecule has 3 aromatic heterocycles. The maximum absolute atomic E-state index is 5.15. The van der Waals surface area contributed by atoms with Gasteiger partial charge in [-0.3, -0.25) is 4.98 Å². The third kappa shape index (κ3) is 3.41. The first kappa shape index (κ1) is 20.5. The van der Waals surface area contributed by atoms with Crippen LogP contribution in [0.4, 0.5) is 0 Å². The lowest BCUT2D eigenvalue weighted by atomic mass is 9.94. The molecule has 7 rings (SSSR count). The Bertz CT molecular complexity index is 1880. The van der Waals surface area contributed by atoms with Gasteiger partial charge in [-0.05, 0) is 47.2 Å². The molecule has 7 aromatic rings. The summed E-state index contributed by atoms with van der Waals surface area (Å²) in [6, 6.07) is 40.0. The summed E-state index contributed by atoms with van der Waals surface area (Å²) in [5.41, 5.74) is 6.96. The fourth-order valence-electron chi connectivity index (χ4n) is 5.04. The second-order valence-electron chi connectivity index (χ2n) is 8.92. The third-order valence-corrected chi connectivity index (χ3v) is 6.73. The number of pyridine rings is 3. The number of fused-ring (bicyclic) bond motifs is 5. The summed E-state index contributed by atoms with van der Waals surface area (Å²) in [4.78, 5) is 14.3. The molecule has 0 fully saturated rings. The van der Waals surface area contributed by atoms with Crippen LogP contribution in [0.15, 0.2) is 128 Å². The van der Waals surface area contributed by atoms with Crippen molar-refractivity contribution in [1.29, 1.82) is 0 Å². The van der Waals surface area contributed by atoms with Gasteiger partial charge in [-0.2, -0.15) is 0 Å². The van der Waals surface area contributed by atoms with Crippen LogP contribution in [0.25, 0.3) is 66.2 Å². The zero-order chi connectivity index (χ0) is 23.9. The van der Waals surface area contributed by atoms with Crippen molar-refractivity contribution in [3.63, 3.8) is 0 Å². The van der Waals surface area contributed by atoms with E-state index in [9.17, 15) is 0 Å². The van der Waals surface area contributed by atoms with Gasteiger partial charge in [0, 0.05) is 45.2 Å². The normalized spacial score (nSPS) is 11.3. The van der Waals surface area contributed by atoms with E-state index in [4.69, 9.17) is 9.97 Å². The maximum atomic E-state index is 5.15. The smallest absolute Gasteiger partial charge is 0.0788 e. The van der Waals surface area contributed by atoms with Crippen molar-refractivity contribution in [2.24, 2.45) is 0 Å². The highest BCUT2D eigenvalue weighted by atomic mass is 14.7. The van der Waals surface area contributed by atoms with Crippen LogP contribution in [-0.2, 0) is 0 Å². The summed E-state index contributed by atoms with van der Waals surface area (Å²) in [6.45, 7) is 0. The van der Waals surface area contributed by atoms with Crippen LogP contribution in [0.2, 0.25) is 0 Å². The van der Waals surface area contributed by atoms with Gasteiger partial charge in [0.25, 0.3) is 0 Å². The van der Waals surface area contributed by atoms with Crippen molar-refractivity contribution in [2.45, 2.75) is 0 Å². The quantitative estimate of drug-likeness (QED) is 0.249. The average molecular weight is 460 g/mol. The molecule has 168 valence electrons. The summed E-state index contributed by atoms with van der Waals surface area (Å²) in [7, 11) is 0. The van der Waals surface area contributed by atoms with Gasteiger partial charge in [0.15, 0.2) is 0 Å². The molecule has 0 saturated carbocycles. The number of rotatable bonds is 3. The van der Waals surface area contributed by atoms with Gasteiger partial charge in [0.05, 0.1) is 22.6 Å². The van der Waals surface area contributed by atoms with Gasteiger partial charge in [-0.15, -0.1) is 0 Å². The number of nitrogens with zero attached hydrogens (tertiary/aromatic N) is 3. The molecule has 0 aliphatic heterocycles. The molecule has 3 heteroatoms. The molecule has 0 amide bonds. The van der Waals surface area contributed by atoms with Crippen molar-refractivity contribution >= 4 is 32.4 Å². The minimum Gasteiger partial charge on any atom is -0.264 e. The highest BCUT2D eigenvalue weighted by Gasteiger charge is 2.14. The number of hydrogen-bond acceptors (Lipinski definition) is 3. The van der Waals surface area contributed by atoms with Crippen LogP contribution in [0.1, 0.15) is 0 Å². The molecule has 0 bridgehead atoms. The molecule has 0 aliphatic rings. The highest BCUT2D eigenvalue weighted by molar-refractivity contribution is 6.22. The Kier molecular flexibility index (Phi) is 4.78. The molecule has 0 radical (unpaired) electrons. The van der Waals surface area contributed by atoms with Crippen molar-refractivity contribution in [2.75, 3.05) is 0 Å². The molecular formula is C33H21N3. The van der Waals surface area contributed by atoms with Crippen molar-refractivity contribution in [3.05, 3.63) is 128 Å². The second kappa shape index (κ2) is 8.40. The molecule has 3 nitrogen and oxygen atoms in total. The fourth-order valence-corrected chi connectivity index (χ4v) is 5.04. The van der Waals surface area contributed by atoms with Gasteiger partial charge in [-0.25, -0.2) is 9.97 Å². The predicted molar refractivity (Wildman–Crippen MR) is 149 cm³/mol. The van der Waals surface area contributed by atoms with Crippen molar-refractivity contribution < 1.29 is 0 Å². The van der Waals surface area contributed by atoms with Gasteiger partial charge >= 0.3 is 0 Å². The van der Waals surface area contributed by atoms with E-state index >= 15 is 0 Å². The molecule has 36 heavy (non-hydrogen) atoms. The lowest BCUT2D eigenvalue weighted by Gasteiger charge is -2.13. The van der Waals surface area contributed by atoms with Crippen molar-refractivity contribution in [3.8, 4) is 33.8 Å². The fraction of sp³-hybridized carbons (Fsp3) is 0. The molecule has 3 heterocycles. The molecule has 4 aromatic carbocycles. The van der Waals surface area contributed by atoms with E-state index in [1.54, 1.807) is 6.20 Å². The summed E-state index contributed by atoms with van der Waals surface area (Å²) >= 11 is 0. The average Bonchev–Trinajstić information content (AvgIpc) is 2.97. The first-order valence-electron chi connectivity index (χ1n) is 12.0. The molecule has 0 spiro atoms. The number of hydrogen-bond donors (Lipinski definition) is 0. The first-order valence-corrected chi connectivity index (χ1v) is 12.0. The van der Waals surface area contributed by atoms with E-state index in [0.29, 0.717) is 0 Å². The zero-order valence-electron chi connectivity index (χ0n) is 19.5. The topological polar surface area (TPSA) is 38.7 Å². The van der Waals surface area contributed by atoms with E-state index in [0.717, 1.165) is 44.7 Å². The van der Waals surface area contributed by atoms with E-state index in [-0.39, 0.29) is 0 Å². The van der Waals surface area contributed by atoms with Gasteiger partial charge < -0.3 is 0 Å². The highest BCUT2D eigenvalue weighted by Crippen LogP contribution is 2.37. The Morgan fingerprint density at radius 2 is 1.22 bits per heavy atom. The van der Waals surface area contributed by atoms with Crippen LogP contribution in [0.3, 0.4) is 0 Å². The summed E-state index contributed by atoms with van der Waals surface area (Å²) < 4.78 is 0. The molecule has 0 atom stereocenters. The van der Waals surface area contributed by atoms with E-state index in [2.05, 4.69) is 96.0 Å². The Balaban J connectivity index is 1.44. The lowest BCUT2D eigenvalue weighted by Crippen LogP contribution is -1.92. The Labute approximate surface area is 208 Å². The first-order chi connectivity index (χ1) is 17.8. The number of benzene rings is 4. The van der Waals surface area contributed by atoms with Crippen LogP contribution in [-0.4, -0.2) is 15.0 Å². The minimum atomic E-state index is 0.909. The van der Waals surface area contributed by atoms with E-state index in [1.165, 1.54) is 21.5 Å². The standard InChI is InChI=1S/C33H21N3/c1-2-12-26-22(8-1)17-18-28-32(26)27-13-3-4-14-31(27)36-33(28)24-10-5-9-23(20-24)29-15-6-16-30(35-29)25-11-7-19-34-21-25/h1-21H. The van der Waals surface area contributed by atoms with E-state index in [1.807, 2.05) is 30.5 Å². The Morgan fingerprint density at radius 1 is 0.472 bits per heavy atom. The van der Waals surface area contributed by atoms with Gasteiger partial charge in [-0.1, -0.05) is 78.9 Å². The Morgan fingerprint density at radius 3 is 2.11 bits per heavy atom. The van der Waals surface area contributed by atoms with Crippen LogP contribution in [0.5, 0.6) is 0 Å². The summed E-state index contributed by atoms with van der Waals surface area (Å²) in [5, 5.41) is 6.06. The molecular weight excluding hydrogens is 438 g/mol. The maximum Gasteiger partial charge on any atom is 0.0788 e. The molecule has 0 saturated heterocycles. The summed E-state index contributed by atoms with van der Waals surface area (Å²) in [6.07, 6.45) is 3.62. The second-order valence-corrected chi connectivity index (χ2v) is 8.92. The molecule has 0 N–H and O–H groups in total. The van der Waals surface area contributed by atoms with Crippen LogP contribution in [0, 0.1) is 0 Å². The monoisotopic (exact) mass is 459 g/mol. The number of aromatic nitrogens is 3. The van der Waals surface area contributed by atoms with Crippen LogP contribution < -0.4 is 0 Å². The van der Waals surface area contributed by atoms with Crippen molar-refractivity contribution in [1.82, 2.24) is 15.0 Å². The van der Waals surface area contributed by atoms with Gasteiger partial charge in [0.1, 0.15) is 0 Å². The predicted octanol–water partition coefficient (Wildman–Crippen LogP) is 8.33. The molecule has 0 unspecified atom stereocenters. The summed E-state index contributed by atoms with van der Waals surface area (Å²) in [5.74, 6) is 0. The lowest BCUT2D eigenvalue weighted by molar-refractivity contribution is 1.28. The van der Waals surface area contributed by atoms with Gasteiger partial charge in [0.2, 0.25) is 0 Å². The third-order valence-electron chi connectivity index (χ3n) is 6.73. The Hall–Kier alpha value is -4.89. The minimum absolute atomic E-state index is 0.909. The molecule has 0 aliphatic carbocycles. The van der Waals surface area contributed by atoms with E-state index < -0.39 is 0 Å². The largest absolute Gasteiger partial charge is 0.264 e. The zero-order valence-corrected chi connectivity index (χ0v) is 19.5. The SMILES string of the molecule is c1cncc(-c2cccc(-c3cccc(-c4nc5ccccc5c5c4ccc4ccccc45)c3)n2)c1. The number of para-hydroxylation sites is 1.